The molecule has 1 saturated heterocycles. The van der Waals surface area contributed by atoms with Crippen LogP contribution in [0.1, 0.15) is 13.3 Å². The Labute approximate surface area is 88.8 Å². The van der Waals surface area contributed by atoms with Gasteiger partial charge in [0.05, 0.1) is 6.54 Å². The smallest absolute Gasteiger partial charge is 0.330 e. The van der Waals surface area contributed by atoms with Crippen molar-refractivity contribution in [3.63, 3.8) is 0 Å². The molecule has 0 aromatic carbocycles. The molecule has 0 spiro atoms. The van der Waals surface area contributed by atoms with E-state index in [0.29, 0.717) is 25.2 Å². The minimum absolute atomic E-state index is 0.00822. The van der Waals surface area contributed by atoms with Gasteiger partial charge in [0.15, 0.2) is 0 Å². The molecule has 0 saturated carbocycles. The van der Waals surface area contributed by atoms with Gasteiger partial charge in [-0.2, -0.15) is 0 Å². The number of hydrogen-bond acceptors (Lipinski definition) is 3. The number of rotatable bonds is 3. The fourth-order valence-electron chi connectivity index (χ4n) is 1.38. The van der Waals surface area contributed by atoms with E-state index in [2.05, 4.69) is 5.32 Å². The predicted molar refractivity (Wildman–Crippen MR) is 55.5 cm³/mol. The third kappa shape index (κ3) is 4.12. The number of amides is 1. The SMILES string of the molecule is CC(=CCN1CCCNC(=O)C1)C(=O)O. The molecule has 84 valence electrons. The third-order valence-corrected chi connectivity index (χ3v) is 2.33. The molecule has 2 N–H and O–H groups in total. The molecule has 1 fully saturated rings. The van der Waals surface area contributed by atoms with Crippen molar-refractivity contribution in [1.29, 1.82) is 0 Å². The van der Waals surface area contributed by atoms with Gasteiger partial charge in [-0.3, -0.25) is 9.69 Å². The van der Waals surface area contributed by atoms with Crippen LogP contribution in [0.5, 0.6) is 0 Å². The van der Waals surface area contributed by atoms with E-state index in [0.717, 1.165) is 13.0 Å². The molecule has 1 heterocycles. The Morgan fingerprint density at radius 2 is 2.40 bits per heavy atom. The summed E-state index contributed by atoms with van der Waals surface area (Å²) in [6.45, 7) is 3.95. The Morgan fingerprint density at radius 3 is 3.07 bits per heavy atom. The molecule has 0 radical (unpaired) electrons. The maximum absolute atomic E-state index is 11.2. The van der Waals surface area contributed by atoms with Gasteiger partial charge in [-0.1, -0.05) is 6.08 Å². The van der Waals surface area contributed by atoms with Crippen molar-refractivity contribution in [2.24, 2.45) is 0 Å². The molecule has 0 bridgehead atoms. The maximum atomic E-state index is 11.2. The summed E-state index contributed by atoms with van der Waals surface area (Å²) in [7, 11) is 0. The largest absolute Gasteiger partial charge is 0.478 e. The maximum Gasteiger partial charge on any atom is 0.330 e. The quantitative estimate of drug-likeness (QED) is 0.638. The van der Waals surface area contributed by atoms with Crippen molar-refractivity contribution in [2.75, 3.05) is 26.2 Å². The fraction of sp³-hybridized carbons (Fsp3) is 0.600. The van der Waals surface area contributed by atoms with Crippen molar-refractivity contribution in [3.05, 3.63) is 11.6 Å². The number of aliphatic carboxylic acids is 1. The predicted octanol–water partition coefficient (Wildman–Crippen LogP) is -0.161. The average Bonchev–Trinajstić information content (AvgIpc) is 2.38. The van der Waals surface area contributed by atoms with E-state index >= 15 is 0 Å². The zero-order valence-electron chi connectivity index (χ0n) is 8.82. The number of nitrogens with zero attached hydrogens (tertiary/aromatic N) is 1. The van der Waals surface area contributed by atoms with Gasteiger partial charge >= 0.3 is 5.97 Å². The summed E-state index contributed by atoms with van der Waals surface area (Å²) in [6, 6.07) is 0. The summed E-state index contributed by atoms with van der Waals surface area (Å²) >= 11 is 0. The van der Waals surface area contributed by atoms with Crippen LogP contribution in [-0.2, 0) is 9.59 Å². The normalized spacial score (nSPS) is 19.5. The van der Waals surface area contributed by atoms with E-state index in [1.807, 2.05) is 4.90 Å². The molecule has 1 rings (SSSR count). The Hall–Kier alpha value is -1.36. The Morgan fingerprint density at radius 1 is 1.67 bits per heavy atom. The molecule has 5 heteroatoms. The number of hydrogen-bond donors (Lipinski definition) is 2. The van der Waals surface area contributed by atoms with Crippen LogP contribution in [0.25, 0.3) is 0 Å². The van der Waals surface area contributed by atoms with Crippen molar-refractivity contribution in [2.45, 2.75) is 13.3 Å². The van der Waals surface area contributed by atoms with Gasteiger partial charge in [0.1, 0.15) is 0 Å². The Bertz CT molecular complexity index is 286. The van der Waals surface area contributed by atoms with Crippen molar-refractivity contribution < 1.29 is 14.7 Å². The molecular formula is C10H16N2O3. The fourth-order valence-corrected chi connectivity index (χ4v) is 1.38. The van der Waals surface area contributed by atoms with Crippen LogP contribution in [0.2, 0.25) is 0 Å². The monoisotopic (exact) mass is 212 g/mol. The zero-order valence-corrected chi connectivity index (χ0v) is 8.82. The number of carboxylic acid groups (broad SMARTS) is 1. The van der Waals surface area contributed by atoms with E-state index in [1.54, 1.807) is 13.0 Å². The van der Waals surface area contributed by atoms with Gasteiger partial charge in [-0.25, -0.2) is 4.79 Å². The van der Waals surface area contributed by atoms with Gasteiger partial charge in [-0.15, -0.1) is 0 Å². The first kappa shape index (κ1) is 11.7. The second-order valence-corrected chi connectivity index (χ2v) is 3.63. The molecule has 1 aliphatic rings. The van der Waals surface area contributed by atoms with Crippen LogP contribution in [0.4, 0.5) is 0 Å². The summed E-state index contributed by atoms with van der Waals surface area (Å²) in [5, 5.41) is 11.4. The first-order chi connectivity index (χ1) is 7.09. The van der Waals surface area contributed by atoms with Crippen LogP contribution >= 0.6 is 0 Å². The second kappa shape index (κ2) is 5.50. The minimum atomic E-state index is -0.908. The number of carbonyl (C=O) groups excluding carboxylic acids is 1. The van der Waals surface area contributed by atoms with Crippen LogP contribution in [0.3, 0.4) is 0 Å². The number of nitrogens with one attached hydrogen (secondary N) is 1. The highest BCUT2D eigenvalue weighted by atomic mass is 16.4. The Kier molecular flexibility index (Phi) is 4.30. The summed E-state index contributed by atoms with van der Waals surface area (Å²) in [5.74, 6) is -0.900. The average molecular weight is 212 g/mol. The van der Waals surface area contributed by atoms with E-state index in [1.165, 1.54) is 0 Å². The van der Waals surface area contributed by atoms with Crippen LogP contribution < -0.4 is 5.32 Å². The first-order valence-corrected chi connectivity index (χ1v) is 4.98. The molecule has 0 atom stereocenters. The molecule has 0 unspecified atom stereocenters. The summed E-state index contributed by atoms with van der Waals surface area (Å²) in [6.07, 6.45) is 2.55. The first-order valence-electron chi connectivity index (χ1n) is 4.98. The molecule has 0 aliphatic carbocycles. The highest BCUT2D eigenvalue weighted by Gasteiger charge is 2.13. The highest BCUT2D eigenvalue weighted by Crippen LogP contribution is 1.99. The lowest BCUT2D eigenvalue weighted by Crippen LogP contribution is -2.33. The topological polar surface area (TPSA) is 69.6 Å². The van der Waals surface area contributed by atoms with Gasteiger partial charge in [-0.05, 0) is 13.3 Å². The molecule has 0 aromatic heterocycles. The van der Waals surface area contributed by atoms with Crippen LogP contribution in [-0.4, -0.2) is 48.1 Å². The summed E-state index contributed by atoms with van der Waals surface area (Å²) in [4.78, 5) is 23.7. The van der Waals surface area contributed by atoms with Gasteiger partial charge in [0.25, 0.3) is 0 Å². The number of carbonyl (C=O) groups is 2. The van der Waals surface area contributed by atoms with Gasteiger partial charge in [0.2, 0.25) is 5.91 Å². The lowest BCUT2D eigenvalue weighted by molar-refractivity contribution is -0.132. The van der Waals surface area contributed by atoms with Crippen molar-refractivity contribution in [1.82, 2.24) is 10.2 Å². The summed E-state index contributed by atoms with van der Waals surface area (Å²) in [5.41, 5.74) is 0.319. The van der Waals surface area contributed by atoms with E-state index in [9.17, 15) is 9.59 Å². The van der Waals surface area contributed by atoms with Crippen molar-refractivity contribution >= 4 is 11.9 Å². The lowest BCUT2D eigenvalue weighted by Gasteiger charge is -2.15. The highest BCUT2D eigenvalue weighted by molar-refractivity contribution is 5.85. The van der Waals surface area contributed by atoms with Crippen LogP contribution in [0.15, 0.2) is 11.6 Å². The molecule has 0 aromatic rings. The van der Waals surface area contributed by atoms with E-state index in [-0.39, 0.29) is 5.91 Å². The standard InChI is InChI=1S/C10H16N2O3/c1-8(10(14)15)3-6-12-5-2-4-11-9(13)7-12/h3H,2,4-7H2,1H3,(H,11,13)(H,14,15). The third-order valence-electron chi connectivity index (χ3n) is 2.33. The molecule has 1 aliphatic heterocycles. The van der Waals surface area contributed by atoms with E-state index in [4.69, 9.17) is 5.11 Å². The molecule has 15 heavy (non-hydrogen) atoms. The zero-order chi connectivity index (χ0) is 11.3. The van der Waals surface area contributed by atoms with Crippen LogP contribution in [0, 0.1) is 0 Å². The van der Waals surface area contributed by atoms with Crippen molar-refractivity contribution in [3.8, 4) is 0 Å². The lowest BCUT2D eigenvalue weighted by atomic mass is 10.2. The number of carboxylic acids is 1. The summed E-state index contributed by atoms with van der Waals surface area (Å²) < 4.78 is 0. The molecular weight excluding hydrogens is 196 g/mol. The minimum Gasteiger partial charge on any atom is -0.478 e. The van der Waals surface area contributed by atoms with Gasteiger partial charge in [0, 0.05) is 25.2 Å². The molecule has 1 amide bonds. The second-order valence-electron chi connectivity index (χ2n) is 3.63. The van der Waals surface area contributed by atoms with E-state index < -0.39 is 5.97 Å². The molecule has 5 nitrogen and oxygen atoms in total. The van der Waals surface area contributed by atoms with Gasteiger partial charge < -0.3 is 10.4 Å². The Balaban J connectivity index is 2.46.